The minimum Gasteiger partial charge on any atom is -0.456 e. The molecular formula is C23H21N7O2. The standard InChI is InChI=1S/C23H21N7O2/c24-13-16-1-3-19(20-4-2-17(14-25)30-15-27-28-23(20)30)21(11-16)32-18-5-6-26-22(12-18)29-7-9-31-10-8-29/h1-6,11-12,15H,7-10,14,25H2. The lowest BCUT2D eigenvalue weighted by Gasteiger charge is -2.27. The second kappa shape index (κ2) is 8.63. The van der Waals surface area contributed by atoms with Gasteiger partial charge in [0.05, 0.1) is 24.8 Å². The van der Waals surface area contributed by atoms with Crippen molar-refractivity contribution in [3.05, 3.63) is 66.2 Å². The summed E-state index contributed by atoms with van der Waals surface area (Å²) in [6, 6.07) is 15.1. The van der Waals surface area contributed by atoms with Gasteiger partial charge in [-0.3, -0.25) is 4.40 Å². The summed E-state index contributed by atoms with van der Waals surface area (Å²) >= 11 is 0. The van der Waals surface area contributed by atoms with Gasteiger partial charge in [-0.1, -0.05) is 0 Å². The summed E-state index contributed by atoms with van der Waals surface area (Å²) in [5, 5.41) is 17.8. The van der Waals surface area contributed by atoms with Gasteiger partial charge in [0.1, 0.15) is 23.6 Å². The molecule has 0 aliphatic carbocycles. The summed E-state index contributed by atoms with van der Waals surface area (Å²) in [4.78, 5) is 6.64. The van der Waals surface area contributed by atoms with Crippen LogP contribution in [0, 0.1) is 11.3 Å². The van der Waals surface area contributed by atoms with Gasteiger partial charge in [-0.05, 0) is 36.4 Å². The van der Waals surface area contributed by atoms with Crippen LogP contribution in [0.1, 0.15) is 11.3 Å². The molecule has 9 nitrogen and oxygen atoms in total. The van der Waals surface area contributed by atoms with Gasteiger partial charge in [0, 0.05) is 48.7 Å². The summed E-state index contributed by atoms with van der Waals surface area (Å²) in [5.41, 5.74) is 9.56. The number of nitrogens with two attached hydrogens (primary N) is 1. The van der Waals surface area contributed by atoms with E-state index in [1.165, 1.54) is 0 Å². The lowest BCUT2D eigenvalue weighted by molar-refractivity contribution is 0.122. The largest absolute Gasteiger partial charge is 0.456 e. The van der Waals surface area contributed by atoms with E-state index in [9.17, 15) is 5.26 Å². The van der Waals surface area contributed by atoms with E-state index in [0.29, 0.717) is 42.5 Å². The van der Waals surface area contributed by atoms with Gasteiger partial charge in [0.15, 0.2) is 5.65 Å². The Kier molecular flexibility index (Phi) is 5.37. The van der Waals surface area contributed by atoms with E-state index >= 15 is 0 Å². The van der Waals surface area contributed by atoms with Crippen molar-refractivity contribution >= 4 is 11.5 Å². The van der Waals surface area contributed by atoms with Crippen molar-refractivity contribution in [3.8, 4) is 28.7 Å². The molecule has 1 aliphatic heterocycles. The van der Waals surface area contributed by atoms with Crippen LogP contribution < -0.4 is 15.4 Å². The van der Waals surface area contributed by atoms with Crippen LogP contribution in [0.4, 0.5) is 5.82 Å². The Morgan fingerprint density at radius 1 is 1.09 bits per heavy atom. The van der Waals surface area contributed by atoms with Crippen molar-refractivity contribution < 1.29 is 9.47 Å². The third kappa shape index (κ3) is 3.73. The monoisotopic (exact) mass is 427 g/mol. The Morgan fingerprint density at radius 2 is 1.94 bits per heavy atom. The minimum absolute atomic E-state index is 0.368. The fourth-order valence-corrected chi connectivity index (χ4v) is 3.79. The van der Waals surface area contributed by atoms with E-state index in [-0.39, 0.29) is 0 Å². The van der Waals surface area contributed by atoms with Crippen LogP contribution in [0.25, 0.3) is 16.8 Å². The summed E-state index contributed by atoms with van der Waals surface area (Å²) in [6.07, 6.45) is 3.36. The van der Waals surface area contributed by atoms with Gasteiger partial charge in [-0.25, -0.2) is 4.98 Å². The second-order valence-corrected chi connectivity index (χ2v) is 7.34. The molecule has 5 rings (SSSR count). The van der Waals surface area contributed by atoms with E-state index in [0.717, 1.165) is 35.7 Å². The quantitative estimate of drug-likeness (QED) is 0.517. The van der Waals surface area contributed by atoms with Gasteiger partial charge in [0.2, 0.25) is 0 Å². The predicted molar refractivity (Wildman–Crippen MR) is 118 cm³/mol. The zero-order valence-electron chi connectivity index (χ0n) is 17.3. The number of fused-ring (bicyclic) bond motifs is 1. The third-order valence-electron chi connectivity index (χ3n) is 5.43. The molecule has 4 aromatic rings. The van der Waals surface area contributed by atoms with Crippen molar-refractivity contribution in [1.29, 1.82) is 5.26 Å². The highest BCUT2D eigenvalue weighted by Crippen LogP contribution is 2.36. The summed E-state index contributed by atoms with van der Waals surface area (Å²) in [7, 11) is 0. The Labute approximate surface area is 184 Å². The molecule has 0 bridgehead atoms. The molecule has 32 heavy (non-hydrogen) atoms. The van der Waals surface area contributed by atoms with Crippen molar-refractivity contribution in [1.82, 2.24) is 19.6 Å². The molecule has 1 fully saturated rings. The highest BCUT2D eigenvalue weighted by Gasteiger charge is 2.17. The number of morpholine rings is 1. The third-order valence-corrected chi connectivity index (χ3v) is 5.43. The molecule has 0 radical (unpaired) electrons. The Hall–Kier alpha value is -4.00. The lowest BCUT2D eigenvalue weighted by Crippen LogP contribution is -2.36. The molecular weight excluding hydrogens is 406 g/mol. The zero-order chi connectivity index (χ0) is 21.9. The van der Waals surface area contributed by atoms with Gasteiger partial charge in [-0.2, -0.15) is 5.26 Å². The maximum Gasteiger partial charge on any atom is 0.168 e. The van der Waals surface area contributed by atoms with Crippen LogP contribution in [0.15, 0.2) is 55.0 Å². The van der Waals surface area contributed by atoms with Crippen LogP contribution in [0.5, 0.6) is 11.5 Å². The highest BCUT2D eigenvalue weighted by molar-refractivity contribution is 5.82. The number of anilines is 1. The first-order valence-corrected chi connectivity index (χ1v) is 10.3. The lowest BCUT2D eigenvalue weighted by atomic mass is 10.0. The minimum atomic E-state index is 0.368. The van der Waals surface area contributed by atoms with E-state index in [4.69, 9.17) is 15.2 Å². The van der Waals surface area contributed by atoms with Crippen LogP contribution in [0.2, 0.25) is 0 Å². The summed E-state index contributed by atoms with van der Waals surface area (Å²) < 4.78 is 13.6. The van der Waals surface area contributed by atoms with Gasteiger partial charge in [0.25, 0.3) is 0 Å². The number of aromatic nitrogens is 4. The average molecular weight is 427 g/mol. The molecule has 0 unspecified atom stereocenters. The SMILES string of the molecule is N#Cc1ccc(-c2ccc(CN)n3cnnc23)c(Oc2ccnc(N3CCOCC3)c2)c1. The molecule has 9 heteroatoms. The van der Waals surface area contributed by atoms with Crippen molar-refractivity contribution in [2.45, 2.75) is 6.54 Å². The molecule has 1 saturated heterocycles. The van der Waals surface area contributed by atoms with Crippen LogP contribution in [-0.2, 0) is 11.3 Å². The van der Waals surface area contributed by atoms with E-state index < -0.39 is 0 Å². The molecule has 1 aliphatic rings. The molecule has 0 amide bonds. The maximum absolute atomic E-state index is 9.44. The van der Waals surface area contributed by atoms with Crippen LogP contribution in [-0.4, -0.2) is 45.9 Å². The number of hydrogen-bond donors (Lipinski definition) is 1. The molecule has 2 N–H and O–H groups in total. The van der Waals surface area contributed by atoms with Crippen molar-refractivity contribution in [3.63, 3.8) is 0 Å². The average Bonchev–Trinajstić information content (AvgIpc) is 3.34. The topological polar surface area (TPSA) is 115 Å². The first-order chi connectivity index (χ1) is 15.8. The fourth-order valence-electron chi connectivity index (χ4n) is 3.79. The highest BCUT2D eigenvalue weighted by atomic mass is 16.5. The molecule has 1 aromatic carbocycles. The molecule has 3 aromatic heterocycles. The van der Waals surface area contributed by atoms with Gasteiger partial charge in [-0.15, -0.1) is 10.2 Å². The van der Waals surface area contributed by atoms with E-state index in [1.54, 1.807) is 30.7 Å². The zero-order valence-corrected chi connectivity index (χ0v) is 17.3. The van der Waals surface area contributed by atoms with Crippen LogP contribution in [0.3, 0.4) is 0 Å². The second-order valence-electron chi connectivity index (χ2n) is 7.34. The molecule has 160 valence electrons. The Balaban J connectivity index is 1.56. The number of benzene rings is 1. The smallest absolute Gasteiger partial charge is 0.168 e. The number of hydrogen-bond acceptors (Lipinski definition) is 8. The summed E-state index contributed by atoms with van der Waals surface area (Å²) in [5.74, 6) is 2.01. The van der Waals surface area contributed by atoms with Crippen molar-refractivity contribution in [2.24, 2.45) is 5.73 Å². The number of ether oxygens (including phenoxy) is 2. The first-order valence-electron chi connectivity index (χ1n) is 10.3. The first kappa shape index (κ1) is 19.9. The maximum atomic E-state index is 9.44. The number of pyridine rings is 2. The summed E-state index contributed by atoms with van der Waals surface area (Å²) in [6.45, 7) is 3.28. The van der Waals surface area contributed by atoms with Crippen LogP contribution >= 0.6 is 0 Å². The van der Waals surface area contributed by atoms with E-state index in [1.807, 2.05) is 28.7 Å². The number of nitriles is 1. The van der Waals surface area contributed by atoms with Gasteiger partial charge < -0.3 is 20.1 Å². The Bertz CT molecular complexity index is 1310. The predicted octanol–water partition coefficient (Wildman–Crippen LogP) is 2.75. The number of nitrogens with zero attached hydrogens (tertiary/aromatic N) is 6. The fraction of sp³-hybridized carbons (Fsp3) is 0.217. The van der Waals surface area contributed by atoms with Crippen molar-refractivity contribution in [2.75, 3.05) is 31.2 Å². The van der Waals surface area contributed by atoms with Gasteiger partial charge >= 0.3 is 0 Å². The normalized spacial score (nSPS) is 13.8. The Morgan fingerprint density at radius 3 is 2.75 bits per heavy atom. The molecule has 0 atom stereocenters. The molecule has 0 spiro atoms. The molecule has 0 saturated carbocycles. The van der Waals surface area contributed by atoms with E-state index in [2.05, 4.69) is 26.2 Å². The molecule has 4 heterocycles. The number of rotatable bonds is 5.